The molecule has 1 aromatic rings. The molecule has 0 radical (unpaired) electrons. The van der Waals surface area contributed by atoms with Gasteiger partial charge in [0, 0.05) is 36.6 Å². The molecule has 90 valence electrons. The predicted octanol–water partition coefficient (Wildman–Crippen LogP) is 2.64. The minimum Gasteiger partial charge on any atom is -0.373 e. The Labute approximate surface area is 101 Å². The first kappa shape index (κ1) is 13.3. The molecule has 1 rings (SSSR count). The summed E-state index contributed by atoms with van der Waals surface area (Å²) in [5.41, 5.74) is 7.31. The summed E-state index contributed by atoms with van der Waals surface area (Å²) in [5.74, 6) is 0.800. The number of nitrogens with zero attached hydrogens (tertiary/aromatic N) is 1. The van der Waals surface area contributed by atoms with Gasteiger partial charge in [-0.15, -0.1) is 0 Å². The molecule has 4 heteroatoms. The fourth-order valence-corrected chi connectivity index (χ4v) is 2.11. The van der Waals surface area contributed by atoms with E-state index < -0.39 is 0 Å². The van der Waals surface area contributed by atoms with Crippen molar-refractivity contribution in [2.45, 2.75) is 13.0 Å². The molecule has 0 bridgehead atoms. The van der Waals surface area contributed by atoms with Crippen LogP contribution < -0.4 is 10.6 Å². The number of rotatable bonds is 5. The summed E-state index contributed by atoms with van der Waals surface area (Å²) in [4.78, 5) is 2.05. The van der Waals surface area contributed by atoms with Gasteiger partial charge in [0.1, 0.15) is 5.82 Å². The minimum atomic E-state index is -0.284. The van der Waals surface area contributed by atoms with Gasteiger partial charge >= 0.3 is 0 Å². The molecule has 0 aliphatic rings. The lowest BCUT2D eigenvalue weighted by atomic mass is 10.1. The SMILES string of the molecule is CSCCN(C)c1cccc(F)c1C(C)N. The second-order valence-electron chi connectivity index (χ2n) is 3.88. The summed E-state index contributed by atoms with van der Waals surface area (Å²) >= 11 is 1.78. The van der Waals surface area contributed by atoms with Crippen LogP contribution in [0, 0.1) is 5.82 Å². The van der Waals surface area contributed by atoms with Crippen molar-refractivity contribution in [2.75, 3.05) is 30.5 Å². The topological polar surface area (TPSA) is 29.3 Å². The van der Waals surface area contributed by atoms with Crippen LogP contribution in [0.25, 0.3) is 0 Å². The van der Waals surface area contributed by atoms with Crippen LogP contribution in [-0.4, -0.2) is 25.6 Å². The maximum absolute atomic E-state index is 13.7. The highest BCUT2D eigenvalue weighted by Crippen LogP contribution is 2.27. The second kappa shape index (κ2) is 6.11. The van der Waals surface area contributed by atoms with Gasteiger partial charge < -0.3 is 10.6 Å². The fourth-order valence-electron chi connectivity index (χ4n) is 1.66. The van der Waals surface area contributed by atoms with E-state index in [4.69, 9.17) is 5.73 Å². The molecule has 0 spiro atoms. The van der Waals surface area contributed by atoms with E-state index >= 15 is 0 Å². The molecule has 1 aromatic carbocycles. The molecular weight excluding hydrogens is 223 g/mol. The molecule has 0 fully saturated rings. The Bertz CT molecular complexity index is 342. The lowest BCUT2D eigenvalue weighted by molar-refractivity contribution is 0.593. The Kier molecular flexibility index (Phi) is 5.09. The number of halogens is 1. The largest absolute Gasteiger partial charge is 0.373 e. The van der Waals surface area contributed by atoms with Crippen LogP contribution in [0.3, 0.4) is 0 Å². The van der Waals surface area contributed by atoms with Crippen molar-refractivity contribution in [1.82, 2.24) is 0 Å². The second-order valence-corrected chi connectivity index (χ2v) is 4.86. The number of hydrogen-bond donors (Lipinski definition) is 1. The Morgan fingerprint density at radius 1 is 1.50 bits per heavy atom. The van der Waals surface area contributed by atoms with Gasteiger partial charge in [0.05, 0.1) is 0 Å². The van der Waals surface area contributed by atoms with Gasteiger partial charge in [-0.2, -0.15) is 11.8 Å². The van der Waals surface area contributed by atoms with E-state index in [9.17, 15) is 4.39 Å². The van der Waals surface area contributed by atoms with Crippen molar-refractivity contribution >= 4 is 17.4 Å². The molecule has 0 heterocycles. The third-order valence-electron chi connectivity index (χ3n) is 2.53. The summed E-state index contributed by atoms with van der Waals surface area (Å²) in [6.07, 6.45) is 2.06. The maximum atomic E-state index is 13.7. The molecule has 1 unspecified atom stereocenters. The van der Waals surface area contributed by atoms with E-state index in [1.807, 2.05) is 20.0 Å². The van der Waals surface area contributed by atoms with E-state index in [1.165, 1.54) is 6.07 Å². The number of hydrogen-bond acceptors (Lipinski definition) is 3. The maximum Gasteiger partial charge on any atom is 0.130 e. The van der Waals surface area contributed by atoms with Crippen molar-refractivity contribution in [3.63, 3.8) is 0 Å². The number of nitrogens with two attached hydrogens (primary N) is 1. The standard InChI is InChI=1S/C12H19FN2S/c1-9(14)12-10(13)5-4-6-11(12)15(2)7-8-16-3/h4-6,9H,7-8,14H2,1-3H3. The summed E-state index contributed by atoms with van der Waals surface area (Å²) in [6, 6.07) is 4.83. The zero-order valence-corrected chi connectivity index (χ0v) is 10.9. The lowest BCUT2D eigenvalue weighted by Crippen LogP contribution is -2.23. The van der Waals surface area contributed by atoms with Crippen LogP contribution >= 0.6 is 11.8 Å². The summed E-state index contributed by atoms with van der Waals surface area (Å²) in [6.45, 7) is 2.70. The normalized spacial score (nSPS) is 12.6. The predicted molar refractivity (Wildman–Crippen MR) is 70.7 cm³/mol. The first-order valence-corrected chi connectivity index (χ1v) is 6.71. The van der Waals surface area contributed by atoms with Gasteiger partial charge in [-0.3, -0.25) is 0 Å². The van der Waals surface area contributed by atoms with Gasteiger partial charge in [-0.1, -0.05) is 6.07 Å². The van der Waals surface area contributed by atoms with Gasteiger partial charge in [0.2, 0.25) is 0 Å². The number of thioether (sulfide) groups is 1. The Morgan fingerprint density at radius 3 is 2.75 bits per heavy atom. The highest BCUT2D eigenvalue weighted by Gasteiger charge is 2.14. The number of anilines is 1. The number of benzene rings is 1. The summed E-state index contributed by atoms with van der Waals surface area (Å²) < 4.78 is 13.7. The third kappa shape index (κ3) is 3.12. The fraction of sp³-hybridized carbons (Fsp3) is 0.500. The molecule has 0 amide bonds. The van der Waals surface area contributed by atoms with E-state index in [1.54, 1.807) is 17.8 Å². The molecule has 2 nitrogen and oxygen atoms in total. The summed E-state index contributed by atoms with van der Waals surface area (Å²) in [7, 11) is 1.97. The summed E-state index contributed by atoms with van der Waals surface area (Å²) in [5, 5.41) is 0. The van der Waals surface area contributed by atoms with Gasteiger partial charge in [-0.05, 0) is 25.3 Å². The van der Waals surface area contributed by atoms with Crippen LogP contribution in [-0.2, 0) is 0 Å². The van der Waals surface area contributed by atoms with Crippen LogP contribution in [0.5, 0.6) is 0 Å². The van der Waals surface area contributed by atoms with Crippen LogP contribution in [0.15, 0.2) is 18.2 Å². The monoisotopic (exact) mass is 242 g/mol. The van der Waals surface area contributed by atoms with Crippen molar-refractivity contribution in [2.24, 2.45) is 5.73 Å². The zero-order chi connectivity index (χ0) is 12.1. The van der Waals surface area contributed by atoms with Gasteiger partial charge in [0.25, 0.3) is 0 Å². The van der Waals surface area contributed by atoms with Crippen molar-refractivity contribution in [1.29, 1.82) is 0 Å². The average Bonchev–Trinajstić information content (AvgIpc) is 2.24. The average molecular weight is 242 g/mol. The lowest BCUT2D eigenvalue weighted by Gasteiger charge is -2.24. The van der Waals surface area contributed by atoms with Gasteiger partial charge in [0.15, 0.2) is 0 Å². The van der Waals surface area contributed by atoms with E-state index in [0.717, 1.165) is 18.0 Å². The van der Waals surface area contributed by atoms with Crippen molar-refractivity contribution in [3.8, 4) is 0 Å². The highest BCUT2D eigenvalue weighted by molar-refractivity contribution is 7.98. The molecule has 0 aromatic heterocycles. The third-order valence-corrected chi connectivity index (χ3v) is 3.12. The zero-order valence-electron chi connectivity index (χ0n) is 10.0. The Balaban J connectivity index is 2.98. The van der Waals surface area contributed by atoms with Crippen LogP contribution in [0.4, 0.5) is 10.1 Å². The Hall–Kier alpha value is -0.740. The van der Waals surface area contributed by atoms with Crippen molar-refractivity contribution < 1.29 is 4.39 Å². The van der Waals surface area contributed by atoms with E-state index in [0.29, 0.717) is 5.56 Å². The molecular formula is C12H19FN2S. The van der Waals surface area contributed by atoms with Crippen LogP contribution in [0.2, 0.25) is 0 Å². The molecule has 0 aliphatic carbocycles. The van der Waals surface area contributed by atoms with E-state index in [2.05, 4.69) is 11.2 Å². The first-order chi connectivity index (χ1) is 7.57. The minimum absolute atomic E-state index is 0.219. The van der Waals surface area contributed by atoms with Gasteiger partial charge in [-0.25, -0.2) is 4.39 Å². The Morgan fingerprint density at radius 2 is 2.19 bits per heavy atom. The highest BCUT2D eigenvalue weighted by atomic mass is 32.2. The van der Waals surface area contributed by atoms with Crippen molar-refractivity contribution in [3.05, 3.63) is 29.6 Å². The van der Waals surface area contributed by atoms with E-state index in [-0.39, 0.29) is 11.9 Å². The molecule has 0 saturated heterocycles. The smallest absolute Gasteiger partial charge is 0.130 e. The quantitative estimate of drug-likeness (QED) is 0.860. The molecule has 16 heavy (non-hydrogen) atoms. The molecule has 2 N–H and O–H groups in total. The molecule has 0 aliphatic heterocycles. The first-order valence-electron chi connectivity index (χ1n) is 5.32. The molecule has 1 atom stereocenters. The molecule has 0 saturated carbocycles. The van der Waals surface area contributed by atoms with Crippen LogP contribution in [0.1, 0.15) is 18.5 Å².